The number of anilines is 1. The molecule has 0 spiro atoms. The number of fused-ring (bicyclic) bond motifs is 3. The van der Waals surface area contributed by atoms with E-state index in [0.29, 0.717) is 10.8 Å². The number of benzene rings is 2. The second kappa shape index (κ2) is 10.2. The van der Waals surface area contributed by atoms with Crippen molar-refractivity contribution >= 4 is 34.4 Å². The van der Waals surface area contributed by atoms with E-state index in [2.05, 4.69) is 27.8 Å². The Kier molecular flexibility index (Phi) is 7.13. The molecule has 0 bridgehead atoms. The number of carboxylic acid groups (broad SMARTS) is 1. The van der Waals surface area contributed by atoms with Crippen LogP contribution in [0.3, 0.4) is 0 Å². The van der Waals surface area contributed by atoms with Crippen LogP contribution in [0.25, 0.3) is 11.1 Å². The van der Waals surface area contributed by atoms with Crippen molar-refractivity contribution in [1.29, 1.82) is 0 Å². The molecule has 0 aliphatic heterocycles. The first-order valence-electron chi connectivity index (χ1n) is 11.0. The molecule has 1 aliphatic rings. The quantitative estimate of drug-likeness (QED) is 0.357. The molecule has 1 aliphatic carbocycles. The first-order valence-corrected chi connectivity index (χ1v) is 11.9. The van der Waals surface area contributed by atoms with E-state index in [4.69, 9.17) is 9.84 Å². The number of hydrogen-bond acceptors (Lipinski definition) is 7. The minimum atomic E-state index is -1.56. The van der Waals surface area contributed by atoms with Gasteiger partial charge in [-0.25, -0.2) is 9.78 Å². The molecule has 1 aromatic heterocycles. The van der Waals surface area contributed by atoms with Crippen molar-refractivity contribution in [3.63, 3.8) is 0 Å². The highest BCUT2D eigenvalue weighted by molar-refractivity contribution is 7.13. The molecule has 1 unspecified atom stereocenters. The lowest BCUT2D eigenvalue weighted by Crippen LogP contribution is -2.42. The Labute approximate surface area is 205 Å². The summed E-state index contributed by atoms with van der Waals surface area (Å²) in [5.74, 6) is -1.64. The Bertz CT molecular complexity index is 1210. The van der Waals surface area contributed by atoms with Crippen LogP contribution in [-0.4, -0.2) is 51.9 Å². The van der Waals surface area contributed by atoms with E-state index < -0.39 is 30.0 Å². The number of ether oxygens (including phenoxy) is 1. The van der Waals surface area contributed by atoms with E-state index in [1.165, 1.54) is 6.92 Å². The summed E-state index contributed by atoms with van der Waals surface area (Å²) < 4.78 is 5.50. The molecule has 0 radical (unpaired) electrons. The number of amides is 2. The number of rotatable bonds is 9. The van der Waals surface area contributed by atoms with Crippen LogP contribution in [0.2, 0.25) is 0 Å². The molecule has 1 atom stereocenters. The Morgan fingerprint density at radius 3 is 2.34 bits per heavy atom. The number of carbonyl (C=O) groups is 3. The van der Waals surface area contributed by atoms with Crippen molar-refractivity contribution in [1.82, 2.24) is 10.3 Å². The fourth-order valence-electron chi connectivity index (χ4n) is 4.07. The van der Waals surface area contributed by atoms with Gasteiger partial charge in [-0.2, -0.15) is 0 Å². The number of hydrogen-bond donors (Lipinski definition) is 4. The van der Waals surface area contributed by atoms with E-state index in [9.17, 15) is 19.5 Å². The predicted molar refractivity (Wildman–Crippen MR) is 130 cm³/mol. The van der Waals surface area contributed by atoms with Crippen molar-refractivity contribution in [3.8, 4) is 11.1 Å². The first kappa shape index (κ1) is 24.4. The minimum absolute atomic E-state index is 0.0537. The fraction of sp³-hybridized carbons (Fsp3) is 0.280. The molecule has 4 rings (SSSR count). The van der Waals surface area contributed by atoms with Crippen molar-refractivity contribution in [2.45, 2.75) is 31.3 Å². The molecule has 0 saturated carbocycles. The summed E-state index contributed by atoms with van der Waals surface area (Å²) in [4.78, 5) is 39.5. The molecular weight excluding hydrogens is 470 g/mol. The number of nitrogens with zero attached hydrogens (tertiary/aromatic N) is 1. The van der Waals surface area contributed by atoms with Gasteiger partial charge >= 0.3 is 12.1 Å². The third-order valence-corrected chi connectivity index (χ3v) is 6.45. The third-order valence-electron chi connectivity index (χ3n) is 5.64. The predicted octanol–water partition coefficient (Wildman–Crippen LogP) is 3.39. The van der Waals surface area contributed by atoms with E-state index in [1.807, 2.05) is 36.4 Å². The highest BCUT2D eigenvalue weighted by Crippen LogP contribution is 2.44. The molecule has 182 valence electrons. The Morgan fingerprint density at radius 1 is 1.09 bits per heavy atom. The SMILES string of the molecule is CC(O)(CNC(=O)Cc1csc(NC(=O)OCC2c3ccccc3-c3ccccc32)n1)CC(=O)O. The van der Waals surface area contributed by atoms with Crippen LogP contribution in [0.1, 0.15) is 36.1 Å². The van der Waals surface area contributed by atoms with Gasteiger partial charge < -0.3 is 20.3 Å². The van der Waals surface area contributed by atoms with Crippen molar-refractivity contribution < 1.29 is 29.3 Å². The normalized spacial score (nSPS) is 13.9. The molecular formula is C25H25N3O6S. The summed E-state index contributed by atoms with van der Waals surface area (Å²) in [5.41, 5.74) is 3.39. The van der Waals surface area contributed by atoms with Gasteiger partial charge in [0.1, 0.15) is 6.61 Å². The van der Waals surface area contributed by atoms with Gasteiger partial charge in [0.15, 0.2) is 5.13 Å². The molecule has 9 nitrogen and oxygen atoms in total. The lowest BCUT2D eigenvalue weighted by Gasteiger charge is -2.21. The number of nitrogens with one attached hydrogen (secondary N) is 2. The summed E-state index contributed by atoms with van der Waals surface area (Å²) in [6, 6.07) is 16.1. The van der Waals surface area contributed by atoms with Crippen LogP contribution >= 0.6 is 11.3 Å². The second-order valence-corrected chi connectivity index (χ2v) is 9.47. The van der Waals surface area contributed by atoms with Gasteiger partial charge in [-0.3, -0.25) is 14.9 Å². The first-order chi connectivity index (χ1) is 16.7. The molecule has 35 heavy (non-hydrogen) atoms. The molecule has 4 N–H and O–H groups in total. The molecule has 0 fully saturated rings. The molecule has 10 heteroatoms. The fourth-order valence-corrected chi connectivity index (χ4v) is 4.77. The van der Waals surface area contributed by atoms with Crippen LogP contribution in [0, 0.1) is 0 Å². The van der Waals surface area contributed by atoms with Crippen molar-refractivity contribution in [2.75, 3.05) is 18.5 Å². The lowest BCUT2D eigenvalue weighted by molar-refractivity contribution is -0.142. The second-order valence-electron chi connectivity index (χ2n) is 8.62. The molecule has 2 aromatic carbocycles. The van der Waals surface area contributed by atoms with E-state index in [1.54, 1.807) is 5.38 Å². The standard InChI is InChI=1S/C25H25N3O6S/c1-25(33,11-22(30)31)14-26-21(29)10-15-13-35-23(27-15)28-24(32)34-12-20-18-8-4-2-6-16(18)17-7-3-5-9-19(17)20/h2-9,13,20,33H,10-12,14H2,1H3,(H,26,29)(H,30,31)(H,27,28,32). The van der Waals surface area contributed by atoms with Gasteiger partial charge in [0.25, 0.3) is 0 Å². The van der Waals surface area contributed by atoms with Gasteiger partial charge in [-0.1, -0.05) is 48.5 Å². The highest BCUT2D eigenvalue weighted by Gasteiger charge is 2.29. The summed E-state index contributed by atoms with van der Waals surface area (Å²) in [6.45, 7) is 1.31. The topological polar surface area (TPSA) is 138 Å². The maximum atomic E-state index is 12.4. The maximum absolute atomic E-state index is 12.4. The van der Waals surface area contributed by atoms with Crippen LogP contribution < -0.4 is 10.6 Å². The number of carbonyl (C=O) groups excluding carboxylic acids is 2. The van der Waals surface area contributed by atoms with E-state index in [0.717, 1.165) is 33.6 Å². The lowest BCUT2D eigenvalue weighted by atomic mass is 9.98. The van der Waals surface area contributed by atoms with Crippen LogP contribution in [0.15, 0.2) is 53.9 Å². The van der Waals surface area contributed by atoms with Crippen LogP contribution in [0.5, 0.6) is 0 Å². The Balaban J connectivity index is 1.28. The highest BCUT2D eigenvalue weighted by atomic mass is 32.1. The van der Waals surface area contributed by atoms with Gasteiger partial charge in [0.2, 0.25) is 5.91 Å². The van der Waals surface area contributed by atoms with Crippen LogP contribution in [-0.2, 0) is 20.7 Å². The van der Waals surface area contributed by atoms with E-state index in [-0.39, 0.29) is 25.5 Å². The third kappa shape index (κ3) is 6.03. The van der Waals surface area contributed by atoms with Crippen molar-refractivity contribution in [3.05, 3.63) is 70.7 Å². The monoisotopic (exact) mass is 495 g/mol. The summed E-state index contributed by atoms with van der Waals surface area (Å²) in [5, 5.41) is 25.8. The molecule has 0 saturated heterocycles. The zero-order valence-corrected chi connectivity index (χ0v) is 19.8. The van der Waals surface area contributed by atoms with Gasteiger partial charge in [0, 0.05) is 17.8 Å². The average Bonchev–Trinajstić information content (AvgIpc) is 3.37. The van der Waals surface area contributed by atoms with Gasteiger partial charge in [-0.05, 0) is 29.2 Å². The maximum Gasteiger partial charge on any atom is 0.413 e. The smallest absolute Gasteiger partial charge is 0.413 e. The summed E-state index contributed by atoms with van der Waals surface area (Å²) >= 11 is 1.16. The number of aromatic nitrogens is 1. The zero-order chi connectivity index (χ0) is 25.0. The molecule has 2 amide bonds. The number of aliphatic hydroxyl groups is 1. The number of carboxylic acids is 1. The van der Waals surface area contributed by atoms with Gasteiger partial charge in [0.05, 0.1) is 24.1 Å². The number of thiazole rings is 1. The van der Waals surface area contributed by atoms with Gasteiger partial charge in [-0.15, -0.1) is 11.3 Å². The minimum Gasteiger partial charge on any atom is -0.481 e. The number of aliphatic carboxylic acids is 1. The van der Waals surface area contributed by atoms with E-state index >= 15 is 0 Å². The zero-order valence-electron chi connectivity index (χ0n) is 19.0. The van der Waals surface area contributed by atoms with Crippen LogP contribution in [0.4, 0.5) is 9.93 Å². The largest absolute Gasteiger partial charge is 0.481 e. The summed E-state index contributed by atoms with van der Waals surface area (Å²) in [7, 11) is 0. The van der Waals surface area contributed by atoms with Crippen molar-refractivity contribution in [2.24, 2.45) is 0 Å². The molecule has 1 heterocycles. The summed E-state index contributed by atoms with van der Waals surface area (Å²) in [6.07, 6.45) is -1.20. The molecule has 3 aromatic rings. The Morgan fingerprint density at radius 2 is 1.71 bits per heavy atom. The average molecular weight is 496 g/mol. The Hall–Kier alpha value is -3.76.